The summed E-state index contributed by atoms with van der Waals surface area (Å²) in [6.07, 6.45) is -3.01. The highest BCUT2D eigenvalue weighted by molar-refractivity contribution is 6.09. The van der Waals surface area contributed by atoms with Crippen molar-refractivity contribution in [2.45, 2.75) is 6.18 Å². The predicted molar refractivity (Wildman–Crippen MR) is 113 cm³/mol. The average Bonchev–Trinajstić information content (AvgIpc) is 3.09. The van der Waals surface area contributed by atoms with E-state index in [1.165, 1.54) is 35.0 Å². The van der Waals surface area contributed by atoms with Gasteiger partial charge in [-0.1, -0.05) is 12.1 Å². The Bertz CT molecular complexity index is 1340. The number of hydrogen-bond acceptors (Lipinski definition) is 3. The van der Waals surface area contributed by atoms with Gasteiger partial charge in [0.15, 0.2) is 0 Å². The maximum absolute atomic E-state index is 12.9. The molecule has 6 nitrogen and oxygen atoms in total. The summed E-state index contributed by atoms with van der Waals surface area (Å²) in [6.45, 7) is 0. The van der Waals surface area contributed by atoms with Crippen LogP contribution in [0, 0.1) is 0 Å². The van der Waals surface area contributed by atoms with Crippen molar-refractivity contribution in [2.75, 3.05) is 5.32 Å². The standard InChI is InChI=1S/C23H16F3N3O3/c1-29-18-9-8-16(11-14(18)12-19(29)22(31)32)28-21(30)17-3-2-10-27-20(17)13-4-6-15(7-5-13)23(24,25)26/h2-12H,1H3,(H,28,30)(H,31,32). The van der Waals surface area contributed by atoms with E-state index < -0.39 is 23.6 Å². The van der Waals surface area contributed by atoms with Gasteiger partial charge in [-0.25, -0.2) is 4.79 Å². The molecule has 162 valence electrons. The molecule has 0 saturated heterocycles. The Balaban J connectivity index is 1.64. The zero-order valence-corrected chi connectivity index (χ0v) is 16.6. The van der Waals surface area contributed by atoms with Crippen molar-refractivity contribution >= 4 is 28.5 Å². The number of carbonyl (C=O) groups excluding carboxylic acids is 1. The fourth-order valence-electron chi connectivity index (χ4n) is 3.47. The number of benzene rings is 2. The van der Waals surface area contributed by atoms with E-state index in [9.17, 15) is 27.9 Å². The molecule has 9 heteroatoms. The van der Waals surface area contributed by atoms with Crippen molar-refractivity contribution in [1.29, 1.82) is 0 Å². The summed E-state index contributed by atoms with van der Waals surface area (Å²) in [5.74, 6) is -1.56. The fraction of sp³-hybridized carbons (Fsp3) is 0.0870. The number of fused-ring (bicyclic) bond motifs is 1. The Morgan fingerprint density at radius 3 is 2.41 bits per heavy atom. The summed E-state index contributed by atoms with van der Waals surface area (Å²) >= 11 is 0. The number of anilines is 1. The first-order chi connectivity index (χ1) is 15.1. The molecule has 4 aromatic rings. The number of carboxylic acids is 1. The van der Waals surface area contributed by atoms with Gasteiger partial charge < -0.3 is 15.0 Å². The zero-order chi connectivity index (χ0) is 23.0. The number of nitrogens with zero attached hydrogens (tertiary/aromatic N) is 2. The van der Waals surface area contributed by atoms with Gasteiger partial charge in [-0.05, 0) is 48.5 Å². The Hall–Kier alpha value is -4.14. The predicted octanol–water partition coefficient (Wildman–Crippen LogP) is 5.21. The second kappa shape index (κ2) is 7.84. The summed E-state index contributed by atoms with van der Waals surface area (Å²) in [6, 6.07) is 14.0. The van der Waals surface area contributed by atoms with Crippen LogP contribution in [0.25, 0.3) is 22.2 Å². The zero-order valence-electron chi connectivity index (χ0n) is 16.6. The molecule has 2 aromatic heterocycles. The monoisotopic (exact) mass is 439 g/mol. The van der Waals surface area contributed by atoms with Gasteiger partial charge in [0.25, 0.3) is 5.91 Å². The van der Waals surface area contributed by atoms with Crippen molar-refractivity contribution < 1.29 is 27.9 Å². The molecule has 0 atom stereocenters. The quantitative estimate of drug-likeness (QED) is 0.457. The second-order valence-electron chi connectivity index (χ2n) is 7.10. The lowest BCUT2D eigenvalue weighted by atomic mass is 10.0. The van der Waals surface area contributed by atoms with Crippen LogP contribution < -0.4 is 5.32 Å². The molecule has 2 N–H and O–H groups in total. The maximum Gasteiger partial charge on any atom is 0.416 e. The van der Waals surface area contributed by atoms with E-state index in [0.717, 1.165) is 12.1 Å². The minimum absolute atomic E-state index is 0.111. The molecule has 4 rings (SSSR count). The number of carboxylic acid groups (broad SMARTS) is 1. The molecule has 0 saturated carbocycles. The highest BCUT2D eigenvalue weighted by atomic mass is 19.4. The molecule has 0 unspecified atom stereocenters. The van der Waals surface area contributed by atoms with Gasteiger partial charge >= 0.3 is 12.1 Å². The minimum Gasteiger partial charge on any atom is -0.477 e. The van der Waals surface area contributed by atoms with Gasteiger partial charge in [0.2, 0.25) is 0 Å². The molecule has 0 aliphatic rings. The summed E-state index contributed by atoms with van der Waals surface area (Å²) in [4.78, 5) is 28.4. The lowest BCUT2D eigenvalue weighted by molar-refractivity contribution is -0.137. The average molecular weight is 439 g/mol. The number of alkyl halides is 3. The summed E-state index contributed by atoms with van der Waals surface area (Å²) in [5.41, 5.74) is 1.24. The Labute approximate surface area is 179 Å². The number of pyridine rings is 1. The molecule has 0 spiro atoms. The highest BCUT2D eigenvalue weighted by Crippen LogP contribution is 2.31. The molecule has 0 aliphatic heterocycles. The number of carbonyl (C=O) groups is 2. The molecular weight excluding hydrogens is 423 g/mol. The molecular formula is C23H16F3N3O3. The van der Waals surface area contributed by atoms with Gasteiger partial charge in [0.1, 0.15) is 5.69 Å². The SMILES string of the molecule is Cn1c(C(=O)O)cc2cc(NC(=O)c3cccnc3-c3ccc(C(F)(F)F)cc3)ccc21. The molecule has 1 amide bonds. The highest BCUT2D eigenvalue weighted by Gasteiger charge is 2.30. The summed E-state index contributed by atoms with van der Waals surface area (Å²) in [5, 5.41) is 12.6. The van der Waals surface area contributed by atoms with Crippen LogP contribution in [0.3, 0.4) is 0 Å². The van der Waals surface area contributed by atoms with Crippen molar-refractivity contribution in [3.63, 3.8) is 0 Å². The number of aromatic carboxylic acids is 1. The number of hydrogen-bond donors (Lipinski definition) is 2. The van der Waals surface area contributed by atoms with Gasteiger partial charge in [-0.2, -0.15) is 13.2 Å². The van der Waals surface area contributed by atoms with E-state index >= 15 is 0 Å². The van der Waals surface area contributed by atoms with Crippen molar-refractivity contribution in [3.8, 4) is 11.3 Å². The maximum atomic E-state index is 12.9. The molecule has 0 radical (unpaired) electrons. The number of aromatic nitrogens is 2. The van der Waals surface area contributed by atoms with Crippen LogP contribution in [0.5, 0.6) is 0 Å². The third kappa shape index (κ3) is 3.92. The topological polar surface area (TPSA) is 84.2 Å². The molecule has 2 heterocycles. The van der Waals surface area contributed by atoms with Crippen molar-refractivity contribution in [2.24, 2.45) is 7.05 Å². The van der Waals surface area contributed by atoms with Crippen LogP contribution in [0.2, 0.25) is 0 Å². The third-order valence-corrected chi connectivity index (χ3v) is 5.06. The summed E-state index contributed by atoms with van der Waals surface area (Å²) < 4.78 is 40.1. The van der Waals surface area contributed by atoms with E-state index in [4.69, 9.17) is 0 Å². The van der Waals surface area contributed by atoms with E-state index in [2.05, 4.69) is 10.3 Å². The fourth-order valence-corrected chi connectivity index (χ4v) is 3.47. The van der Waals surface area contributed by atoms with Crippen LogP contribution in [0.15, 0.2) is 66.9 Å². The molecule has 2 aromatic carbocycles. The molecule has 0 fully saturated rings. The Kier molecular flexibility index (Phi) is 5.17. The minimum atomic E-state index is -4.46. The van der Waals surface area contributed by atoms with Crippen molar-refractivity contribution in [1.82, 2.24) is 9.55 Å². The largest absolute Gasteiger partial charge is 0.477 e. The first-order valence-corrected chi connectivity index (χ1v) is 9.42. The van der Waals surface area contributed by atoms with Crippen molar-refractivity contribution in [3.05, 3.63) is 83.7 Å². The smallest absolute Gasteiger partial charge is 0.416 e. The van der Waals surface area contributed by atoms with Crippen LogP contribution >= 0.6 is 0 Å². The van der Waals surface area contributed by atoms with Crippen LogP contribution in [0.4, 0.5) is 18.9 Å². The number of nitrogens with one attached hydrogen (secondary N) is 1. The van der Waals surface area contributed by atoms with Crippen LogP contribution in [-0.2, 0) is 13.2 Å². The second-order valence-corrected chi connectivity index (χ2v) is 7.10. The molecule has 0 aliphatic carbocycles. The van der Waals surface area contributed by atoms with Gasteiger partial charge in [0, 0.05) is 35.4 Å². The third-order valence-electron chi connectivity index (χ3n) is 5.06. The van der Waals surface area contributed by atoms with Gasteiger partial charge in [-0.15, -0.1) is 0 Å². The number of rotatable bonds is 4. The van der Waals surface area contributed by atoms with Crippen LogP contribution in [0.1, 0.15) is 26.4 Å². The van der Waals surface area contributed by atoms with Gasteiger partial charge in [0.05, 0.1) is 16.8 Å². The van der Waals surface area contributed by atoms with Crippen LogP contribution in [-0.4, -0.2) is 26.5 Å². The Morgan fingerprint density at radius 1 is 1.03 bits per heavy atom. The molecule has 0 bridgehead atoms. The van der Waals surface area contributed by atoms with E-state index in [0.29, 0.717) is 22.2 Å². The number of halogens is 3. The lowest BCUT2D eigenvalue weighted by Crippen LogP contribution is -2.14. The van der Waals surface area contributed by atoms with Gasteiger partial charge in [-0.3, -0.25) is 9.78 Å². The normalized spacial score (nSPS) is 11.5. The number of amides is 1. The lowest BCUT2D eigenvalue weighted by Gasteiger charge is -2.11. The summed E-state index contributed by atoms with van der Waals surface area (Å²) in [7, 11) is 1.63. The van der Waals surface area contributed by atoms with E-state index in [1.807, 2.05) is 0 Å². The number of aryl methyl sites for hydroxylation is 1. The first kappa shape index (κ1) is 21.1. The van der Waals surface area contributed by atoms with E-state index in [-0.39, 0.29) is 17.0 Å². The first-order valence-electron chi connectivity index (χ1n) is 9.42. The molecule has 32 heavy (non-hydrogen) atoms. The Morgan fingerprint density at radius 2 is 1.75 bits per heavy atom. The van der Waals surface area contributed by atoms with E-state index in [1.54, 1.807) is 31.3 Å².